The van der Waals surface area contributed by atoms with Crippen LogP contribution in [0.5, 0.6) is 11.5 Å². The molecular weight excluding hydrogens is 433 g/mol. The third kappa shape index (κ3) is 4.77. The molecule has 1 heterocycles. The monoisotopic (exact) mass is 449 g/mol. The van der Waals surface area contributed by atoms with Gasteiger partial charge in [-0.15, -0.1) is 24.8 Å². The minimum atomic E-state index is -5.04. The smallest absolute Gasteiger partial charge is 0.493 e. The second-order valence-electron chi connectivity index (χ2n) is 6.58. The third-order valence-corrected chi connectivity index (χ3v) is 4.94. The van der Waals surface area contributed by atoms with Crippen LogP contribution in [0.2, 0.25) is 0 Å². The molecule has 0 bridgehead atoms. The zero-order chi connectivity index (χ0) is 22.1. The first kappa shape index (κ1) is 22.1. The van der Waals surface area contributed by atoms with Crippen molar-refractivity contribution < 1.29 is 36.2 Å². The minimum Gasteiger partial charge on any atom is -0.493 e. The number of benzene rings is 2. The van der Waals surface area contributed by atoms with E-state index in [1.807, 2.05) is 0 Å². The lowest BCUT2D eigenvalue weighted by Gasteiger charge is -2.27. The molecule has 0 radical (unpaired) electrons. The number of nitrogens with zero attached hydrogens (tertiary/aromatic N) is 1. The first-order valence-electron chi connectivity index (χ1n) is 9.00. The number of likely N-dealkylation sites (tertiary alicyclic amines) is 1. The van der Waals surface area contributed by atoms with Gasteiger partial charge in [0.05, 0.1) is 18.2 Å². The van der Waals surface area contributed by atoms with Crippen molar-refractivity contribution in [1.82, 2.24) is 4.90 Å². The Bertz CT molecular complexity index is 937. The molecule has 3 rings (SSSR count). The summed E-state index contributed by atoms with van der Waals surface area (Å²) in [4.78, 5) is 13.8. The number of hydrogen-bond acceptors (Lipinski definition) is 3. The summed E-state index contributed by atoms with van der Waals surface area (Å²) in [6.07, 6.45) is -4.94. The summed E-state index contributed by atoms with van der Waals surface area (Å²) in [6.45, 7) is 1.81. The van der Waals surface area contributed by atoms with Gasteiger partial charge in [0.2, 0.25) is 5.91 Å². The summed E-state index contributed by atoms with van der Waals surface area (Å²) in [5, 5.41) is -0.929. The number of ether oxygens (including phenoxy) is 2. The van der Waals surface area contributed by atoms with Crippen LogP contribution in [0.3, 0.4) is 0 Å². The Morgan fingerprint density at radius 1 is 1.13 bits per heavy atom. The minimum absolute atomic E-state index is 0.0964. The fraction of sp³-hybridized carbons (Fsp3) is 0.350. The second-order valence-corrected chi connectivity index (χ2v) is 7.11. The number of rotatable bonds is 6. The highest BCUT2D eigenvalue weighted by Crippen LogP contribution is 2.42. The van der Waals surface area contributed by atoms with Gasteiger partial charge in [-0.25, -0.2) is 8.78 Å². The Morgan fingerprint density at radius 3 is 2.50 bits per heavy atom. The van der Waals surface area contributed by atoms with E-state index in [4.69, 9.17) is 16.3 Å². The van der Waals surface area contributed by atoms with E-state index < -0.39 is 41.1 Å². The maximum atomic E-state index is 14.6. The van der Waals surface area contributed by atoms with Gasteiger partial charge in [-0.05, 0) is 43.2 Å². The standard InChI is InChI=1S/C20H17ClF5NO3/c1-2-29-17-5-3-4-13(22)18(17)15-9-12(21)19(28)27(15)10-11-6-7-16(14(23)8-11)30-20(24,25)26/h3-8,12,15H,2,9-10H2,1H3/t12-,15-/m0/s1. The number of halogens is 6. The van der Waals surface area contributed by atoms with Gasteiger partial charge in [-0.3, -0.25) is 4.79 Å². The quantitative estimate of drug-likeness (QED) is 0.441. The van der Waals surface area contributed by atoms with Crippen LogP contribution in [-0.4, -0.2) is 29.2 Å². The number of carbonyl (C=O) groups excluding carboxylic acids is 1. The Kier molecular flexibility index (Phi) is 6.40. The molecule has 1 aliphatic rings. The van der Waals surface area contributed by atoms with Crippen molar-refractivity contribution in [2.75, 3.05) is 6.61 Å². The Labute approximate surface area is 174 Å². The van der Waals surface area contributed by atoms with E-state index in [9.17, 15) is 26.7 Å². The van der Waals surface area contributed by atoms with Crippen molar-refractivity contribution in [3.8, 4) is 11.5 Å². The van der Waals surface area contributed by atoms with E-state index in [1.54, 1.807) is 13.0 Å². The average Bonchev–Trinajstić information content (AvgIpc) is 2.91. The molecule has 4 nitrogen and oxygen atoms in total. The first-order valence-corrected chi connectivity index (χ1v) is 9.44. The van der Waals surface area contributed by atoms with Crippen LogP contribution in [0.1, 0.15) is 30.5 Å². The van der Waals surface area contributed by atoms with Gasteiger partial charge in [0.15, 0.2) is 11.6 Å². The average molecular weight is 450 g/mol. The molecule has 1 aliphatic heterocycles. The third-order valence-electron chi connectivity index (χ3n) is 4.58. The van der Waals surface area contributed by atoms with Crippen molar-refractivity contribution in [2.24, 2.45) is 0 Å². The molecule has 0 aromatic heterocycles. The molecule has 30 heavy (non-hydrogen) atoms. The van der Waals surface area contributed by atoms with Gasteiger partial charge in [0.25, 0.3) is 0 Å². The normalized spacial score (nSPS) is 19.3. The molecule has 1 amide bonds. The largest absolute Gasteiger partial charge is 0.573 e. The number of alkyl halides is 4. The number of amides is 1. The maximum absolute atomic E-state index is 14.6. The SMILES string of the molecule is CCOc1cccc(F)c1[C@@H]1C[C@H](Cl)C(=O)N1Cc1ccc(OC(F)(F)F)c(F)c1. The molecule has 0 spiro atoms. The predicted octanol–water partition coefficient (Wildman–Crippen LogP) is 5.34. The summed E-state index contributed by atoms with van der Waals surface area (Å²) in [5.41, 5.74) is 0.341. The lowest BCUT2D eigenvalue weighted by molar-refractivity contribution is -0.275. The molecule has 1 saturated heterocycles. The molecule has 162 valence electrons. The van der Waals surface area contributed by atoms with Crippen molar-refractivity contribution in [3.63, 3.8) is 0 Å². The summed E-state index contributed by atoms with van der Waals surface area (Å²) < 4.78 is 74.7. The topological polar surface area (TPSA) is 38.8 Å². The molecule has 2 aromatic carbocycles. The molecule has 2 atom stereocenters. The van der Waals surface area contributed by atoms with Crippen LogP contribution < -0.4 is 9.47 Å². The van der Waals surface area contributed by atoms with E-state index in [2.05, 4.69) is 4.74 Å². The lowest BCUT2D eigenvalue weighted by Crippen LogP contribution is -2.30. The summed E-state index contributed by atoms with van der Waals surface area (Å²) in [7, 11) is 0. The van der Waals surface area contributed by atoms with Crippen molar-refractivity contribution in [3.05, 3.63) is 59.2 Å². The second kappa shape index (κ2) is 8.67. The van der Waals surface area contributed by atoms with Crippen LogP contribution in [0.25, 0.3) is 0 Å². The molecule has 0 aliphatic carbocycles. The van der Waals surface area contributed by atoms with Gasteiger partial charge in [0, 0.05) is 6.54 Å². The molecule has 0 unspecified atom stereocenters. The van der Waals surface area contributed by atoms with Gasteiger partial charge in [-0.1, -0.05) is 12.1 Å². The van der Waals surface area contributed by atoms with Crippen molar-refractivity contribution >= 4 is 17.5 Å². The van der Waals surface area contributed by atoms with E-state index in [0.717, 1.165) is 12.1 Å². The van der Waals surface area contributed by atoms with Gasteiger partial charge < -0.3 is 14.4 Å². The molecule has 1 fully saturated rings. The molecule has 0 N–H and O–H groups in total. The molecule has 2 aromatic rings. The van der Waals surface area contributed by atoms with E-state index in [-0.39, 0.29) is 36.4 Å². The van der Waals surface area contributed by atoms with Crippen molar-refractivity contribution in [2.45, 2.75) is 37.7 Å². The van der Waals surface area contributed by atoms with E-state index in [1.165, 1.54) is 23.1 Å². The summed E-state index contributed by atoms with van der Waals surface area (Å²) >= 11 is 6.11. The van der Waals surface area contributed by atoms with Crippen LogP contribution in [0.15, 0.2) is 36.4 Å². The molecule has 0 saturated carbocycles. The Balaban J connectivity index is 1.91. The summed E-state index contributed by atoms with van der Waals surface area (Å²) in [6, 6.07) is 6.33. The Morgan fingerprint density at radius 2 is 1.87 bits per heavy atom. The van der Waals surface area contributed by atoms with E-state index >= 15 is 0 Å². The summed E-state index contributed by atoms with van der Waals surface area (Å²) in [5.74, 6) is -3.06. The highest BCUT2D eigenvalue weighted by atomic mass is 35.5. The van der Waals surface area contributed by atoms with Crippen LogP contribution in [-0.2, 0) is 11.3 Å². The fourth-order valence-corrected chi connectivity index (χ4v) is 3.68. The first-order chi connectivity index (χ1) is 14.1. The molecule has 10 heteroatoms. The number of hydrogen-bond donors (Lipinski definition) is 0. The van der Waals surface area contributed by atoms with Crippen molar-refractivity contribution in [1.29, 1.82) is 0 Å². The predicted molar refractivity (Wildman–Crippen MR) is 98.2 cm³/mol. The number of carbonyl (C=O) groups is 1. The highest BCUT2D eigenvalue weighted by Gasteiger charge is 2.41. The van der Waals surface area contributed by atoms with Gasteiger partial charge in [0.1, 0.15) is 16.9 Å². The fourth-order valence-electron chi connectivity index (χ4n) is 3.39. The van der Waals surface area contributed by atoms with Crippen LogP contribution in [0.4, 0.5) is 22.0 Å². The van der Waals surface area contributed by atoms with Gasteiger partial charge in [-0.2, -0.15) is 0 Å². The zero-order valence-corrected chi connectivity index (χ0v) is 16.4. The Hall–Kier alpha value is -2.55. The highest BCUT2D eigenvalue weighted by molar-refractivity contribution is 6.31. The lowest BCUT2D eigenvalue weighted by atomic mass is 10.0. The van der Waals surface area contributed by atoms with Crippen LogP contribution >= 0.6 is 11.6 Å². The molecular formula is C20H17ClF5NO3. The zero-order valence-electron chi connectivity index (χ0n) is 15.7. The maximum Gasteiger partial charge on any atom is 0.573 e. The van der Waals surface area contributed by atoms with Crippen LogP contribution in [0, 0.1) is 11.6 Å². The van der Waals surface area contributed by atoms with E-state index in [0.29, 0.717) is 0 Å². The van der Waals surface area contributed by atoms with Gasteiger partial charge >= 0.3 is 6.36 Å².